The Hall–Kier alpha value is -0.980. The Morgan fingerprint density at radius 2 is 2.12 bits per heavy atom. The van der Waals surface area contributed by atoms with Gasteiger partial charge in [-0.1, -0.05) is 6.07 Å². The van der Waals surface area contributed by atoms with Crippen molar-refractivity contribution in [2.45, 2.75) is 0 Å². The number of hydrogen-bond donors (Lipinski definition) is 1. The molecule has 92 valence electrons. The van der Waals surface area contributed by atoms with Crippen LogP contribution in [0.2, 0.25) is 0 Å². The van der Waals surface area contributed by atoms with E-state index in [1.165, 1.54) is 11.3 Å². The molecule has 0 unspecified atom stereocenters. The number of hydrogen-bond acceptors (Lipinski definition) is 4. The minimum Gasteiger partial charge on any atom is -0.346 e. The number of likely N-dealkylation sites (N-methyl/N-ethyl adjacent to an activating group) is 1. The van der Waals surface area contributed by atoms with E-state index in [0.29, 0.717) is 9.99 Å². The molecule has 0 bridgehead atoms. The maximum Gasteiger partial charge on any atom is 0.267 e. The molecule has 1 amide bonds. The lowest BCUT2D eigenvalue weighted by Crippen LogP contribution is -2.51. The lowest BCUT2D eigenvalue weighted by molar-refractivity contribution is 0.0974. The lowest BCUT2D eigenvalue weighted by Gasteiger charge is -2.33. The SMILES string of the molecule is CN1CCN(C(=S)NC(=O)c2cccs2)CC1. The molecule has 1 aromatic heterocycles. The van der Waals surface area contributed by atoms with Gasteiger partial charge in [0, 0.05) is 26.2 Å². The minimum atomic E-state index is -0.107. The number of rotatable bonds is 1. The molecule has 0 radical (unpaired) electrons. The van der Waals surface area contributed by atoms with Crippen LogP contribution in [0.15, 0.2) is 17.5 Å². The topological polar surface area (TPSA) is 35.6 Å². The number of amides is 1. The molecule has 0 saturated carbocycles. The fourth-order valence-corrected chi connectivity index (χ4v) is 2.55. The molecule has 4 nitrogen and oxygen atoms in total. The normalized spacial score (nSPS) is 16.9. The highest BCUT2D eigenvalue weighted by molar-refractivity contribution is 7.80. The summed E-state index contributed by atoms with van der Waals surface area (Å²) in [5.74, 6) is -0.107. The molecule has 2 heterocycles. The summed E-state index contributed by atoms with van der Waals surface area (Å²) in [6.45, 7) is 3.71. The average molecular weight is 269 g/mol. The first-order valence-electron chi connectivity index (χ1n) is 5.49. The quantitative estimate of drug-likeness (QED) is 0.772. The first kappa shape index (κ1) is 12.5. The average Bonchev–Trinajstić information content (AvgIpc) is 2.83. The molecule has 2 rings (SSSR count). The molecule has 0 aromatic carbocycles. The standard InChI is InChI=1S/C11H15N3OS2/c1-13-4-6-14(7-5-13)11(16)12-10(15)9-3-2-8-17-9/h2-3,8H,4-7H2,1H3,(H,12,15,16). The molecule has 6 heteroatoms. The van der Waals surface area contributed by atoms with Crippen molar-refractivity contribution in [3.8, 4) is 0 Å². The first-order valence-corrected chi connectivity index (χ1v) is 6.78. The number of nitrogens with zero attached hydrogens (tertiary/aromatic N) is 2. The lowest BCUT2D eigenvalue weighted by atomic mass is 10.3. The summed E-state index contributed by atoms with van der Waals surface area (Å²) in [6.07, 6.45) is 0. The summed E-state index contributed by atoms with van der Waals surface area (Å²) in [5, 5.41) is 5.20. The van der Waals surface area contributed by atoms with E-state index in [-0.39, 0.29) is 5.91 Å². The smallest absolute Gasteiger partial charge is 0.267 e. The molecule has 1 aliphatic rings. The Bertz CT molecular complexity index is 397. The summed E-state index contributed by atoms with van der Waals surface area (Å²) in [6, 6.07) is 3.66. The molecule has 0 spiro atoms. The summed E-state index contributed by atoms with van der Waals surface area (Å²) >= 11 is 6.66. The minimum absolute atomic E-state index is 0.107. The van der Waals surface area contributed by atoms with Crippen LogP contribution in [0.4, 0.5) is 0 Å². The van der Waals surface area contributed by atoms with Gasteiger partial charge in [-0.15, -0.1) is 11.3 Å². The maximum atomic E-state index is 11.8. The predicted molar refractivity (Wildman–Crippen MR) is 73.5 cm³/mol. The molecular weight excluding hydrogens is 254 g/mol. The Labute approximate surface area is 110 Å². The molecule has 1 N–H and O–H groups in total. The van der Waals surface area contributed by atoms with Crippen LogP contribution in [0, 0.1) is 0 Å². The molecule has 0 atom stereocenters. The van der Waals surface area contributed by atoms with E-state index in [1.54, 1.807) is 6.07 Å². The number of piperazine rings is 1. The Morgan fingerprint density at radius 3 is 2.71 bits per heavy atom. The van der Waals surface area contributed by atoms with Crippen molar-refractivity contribution < 1.29 is 4.79 Å². The molecule has 1 aliphatic heterocycles. The van der Waals surface area contributed by atoms with Crippen LogP contribution in [0.25, 0.3) is 0 Å². The van der Waals surface area contributed by atoms with Gasteiger partial charge in [0.25, 0.3) is 5.91 Å². The van der Waals surface area contributed by atoms with Crippen LogP contribution in [-0.4, -0.2) is 54.0 Å². The second kappa shape index (κ2) is 5.57. The third-order valence-corrected chi connectivity index (χ3v) is 3.98. The number of carbonyl (C=O) groups is 1. The number of carbonyl (C=O) groups excluding carboxylic acids is 1. The zero-order valence-corrected chi connectivity index (χ0v) is 11.3. The number of thiophene rings is 1. The van der Waals surface area contributed by atoms with Crippen molar-refractivity contribution in [2.24, 2.45) is 0 Å². The zero-order chi connectivity index (χ0) is 12.3. The molecule has 1 saturated heterocycles. The van der Waals surface area contributed by atoms with Gasteiger partial charge in [-0.25, -0.2) is 0 Å². The van der Waals surface area contributed by atoms with Crippen molar-refractivity contribution in [2.75, 3.05) is 33.2 Å². The van der Waals surface area contributed by atoms with Crippen LogP contribution in [0.3, 0.4) is 0 Å². The van der Waals surface area contributed by atoms with Gasteiger partial charge >= 0.3 is 0 Å². The van der Waals surface area contributed by atoms with E-state index < -0.39 is 0 Å². The van der Waals surface area contributed by atoms with Crippen molar-refractivity contribution >= 4 is 34.6 Å². The van der Waals surface area contributed by atoms with E-state index >= 15 is 0 Å². The van der Waals surface area contributed by atoms with Crippen molar-refractivity contribution in [3.63, 3.8) is 0 Å². The van der Waals surface area contributed by atoms with Gasteiger partial charge in [-0.2, -0.15) is 0 Å². The van der Waals surface area contributed by atoms with Crippen molar-refractivity contribution in [1.29, 1.82) is 0 Å². The van der Waals surface area contributed by atoms with Gasteiger partial charge in [0.15, 0.2) is 5.11 Å². The molecule has 0 aliphatic carbocycles. The Morgan fingerprint density at radius 1 is 1.41 bits per heavy atom. The van der Waals surface area contributed by atoms with Gasteiger partial charge in [0.1, 0.15) is 0 Å². The largest absolute Gasteiger partial charge is 0.346 e. The second-order valence-electron chi connectivity index (χ2n) is 4.03. The van der Waals surface area contributed by atoms with Crippen molar-refractivity contribution in [1.82, 2.24) is 15.1 Å². The summed E-state index contributed by atoms with van der Waals surface area (Å²) in [7, 11) is 2.09. The second-order valence-corrected chi connectivity index (χ2v) is 5.36. The van der Waals surface area contributed by atoms with Gasteiger partial charge in [0.05, 0.1) is 4.88 Å². The van der Waals surface area contributed by atoms with Gasteiger partial charge < -0.3 is 9.80 Å². The van der Waals surface area contributed by atoms with Crippen LogP contribution in [0.5, 0.6) is 0 Å². The summed E-state index contributed by atoms with van der Waals surface area (Å²) in [4.78, 5) is 16.8. The Kier molecular flexibility index (Phi) is 4.09. The van der Waals surface area contributed by atoms with E-state index in [0.717, 1.165) is 26.2 Å². The van der Waals surface area contributed by atoms with Crippen LogP contribution in [-0.2, 0) is 0 Å². The van der Waals surface area contributed by atoms with Crippen LogP contribution >= 0.6 is 23.6 Å². The van der Waals surface area contributed by atoms with Crippen LogP contribution in [0.1, 0.15) is 9.67 Å². The Balaban J connectivity index is 1.87. The monoisotopic (exact) mass is 269 g/mol. The highest BCUT2D eigenvalue weighted by Gasteiger charge is 2.18. The van der Waals surface area contributed by atoms with Crippen LogP contribution < -0.4 is 5.32 Å². The van der Waals surface area contributed by atoms with E-state index in [4.69, 9.17) is 12.2 Å². The molecule has 1 aromatic rings. The zero-order valence-electron chi connectivity index (χ0n) is 9.68. The van der Waals surface area contributed by atoms with Crippen molar-refractivity contribution in [3.05, 3.63) is 22.4 Å². The van der Waals surface area contributed by atoms with E-state index in [9.17, 15) is 4.79 Å². The highest BCUT2D eigenvalue weighted by Crippen LogP contribution is 2.08. The molecular formula is C11H15N3OS2. The summed E-state index contributed by atoms with van der Waals surface area (Å²) < 4.78 is 0. The summed E-state index contributed by atoms with van der Waals surface area (Å²) in [5.41, 5.74) is 0. The first-order chi connectivity index (χ1) is 8.16. The van der Waals surface area contributed by atoms with Gasteiger partial charge in [-0.3, -0.25) is 10.1 Å². The number of thiocarbonyl (C=S) groups is 1. The van der Waals surface area contributed by atoms with E-state index in [2.05, 4.69) is 17.3 Å². The number of nitrogens with one attached hydrogen (secondary N) is 1. The van der Waals surface area contributed by atoms with E-state index in [1.807, 2.05) is 16.3 Å². The van der Waals surface area contributed by atoms with Gasteiger partial charge in [-0.05, 0) is 30.7 Å². The predicted octanol–water partition coefficient (Wildman–Crippen LogP) is 1.01. The third-order valence-electron chi connectivity index (χ3n) is 2.76. The fraction of sp³-hybridized carbons (Fsp3) is 0.455. The molecule has 1 fully saturated rings. The third kappa shape index (κ3) is 3.24. The fourth-order valence-electron chi connectivity index (χ4n) is 1.66. The highest BCUT2D eigenvalue weighted by atomic mass is 32.1. The maximum absolute atomic E-state index is 11.8. The molecule has 17 heavy (non-hydrogen) atoms. The van der Waals surface area contributed by atoms with Gasteiger partial charge in [0.2, 0.25) is 0 Å².